The predicted octanol–water partition coefficient (Wildman–Crippen LogP) is 3.70. The number of aromatic nitrogens is 1. The highest BCUT2D eigenvalue weighted by Gasteiger charge is 2.23. The number of benzene rings is 2. The Balaban J connectivity index is 1.90. The minimum absolute atomic E-state index is 0.106. The number of nitro benzene ring substituents is 1. The lowest BCUT2D eigenvalue weighted by molar-refractivity contribution is -0.384. The Morgan fingerprint density at radius 2 is 1.76 bits per heavy atom. The number of aromatic amines is 1. The summed E-state index contributed by atoms with van der Waals surface area (Å²) in [5.41, 5.74) is 2.12. The maximum Gasteiger partial charge on any atom is 0.293 e. The molecule has 0 saturated carbocycles. The fourth-order valence-corrected chi connectivity index (χ4v) is 3.51. The Labute approximate surface area is 143 Å². The first-order valence-corrected chi connectivity index (χ1v) is 8.29. The molecule has 0 unspecified atom stereocenters. The molecule has 1 saturated heterocycles. The highest BCUT2D eigenvalue weighted by atomic mass is 16.6. The van der Waals surface area contributed by atoms with Gasteiger partial charge >= 0.3 is 0 Å². The van der Waals surface area contributed by atoms with Crippen molar-refractivity contribution < 1.29 is 4.92 Å². The largest absolute Gasteiger partial charge is 0.366 e. The van der Waals surface area contributed by atoms with E-state index < -0.39 is 0 Å². The second kappa shape index (κ2) is 6.05. The smallest absolute Gasteiger partial charge is 0.293 e. The summed E-state index contributed by atoms with van der Waals surface area (Å²) in [7, 11) is 0. The molecular formula is C19H17N3O3. The minimum atomic E-state index is -0.328. The van der Waals surface area contributed by atoms with E-state index in [9.17, 15) is 14.9 Å². The van der Waals surface area contributed by atoms with Gasteiger partial charge in [-0.25, -0.2) is 0 Å². The van der Waals surface area contributed by atoms with E-state index in [1.807, 2.05) is 24.3 Å². The number of pyridine rings is 1. The molecule has 4 rings (SSSR count). The zero-order chi connectivity index (χ0) is 17.4. The summed E-state index contributed by atoms with van der Waals surface area (Å²) in [6.45, 7) is 1.70. The molecular weight excluding hydrogens is 318 g/mol. The van der Waals surface area contributed by atoms with Crippen molar-refractivity contribution in [2.75, 3.05) is 18.0 Å². The summed E-state index contributed by atoms with van der Waals surface area (Å²) in [5.74, 6) is 0. The lowest BCUT2D eigenvalue weighted by Crippen LogP contribution is -2.18. The van der Waals surface area contributed by atoms with Crippen molar-refractivity contribution in [1.29, 1.82) is 0 Å². The quantitative estimate of drug-likeness (QED) is 0.584. The number of nitrogens with one attached hydrogen (secondary N) is 1. The second-order valence-corrected chi connectivity index (χ2v) is 6.23. The van der Waals surface area contributed by atoms with Gasteiger partial charge in [-0.15, -0.1) is 0 Å². The number of nitro groups is 1. The van der Waals surface area contributed by atoms with Crippen LogP contribution in [0.5, 0.6) is 0 Å². The summed E-state index contributed by atoms with van der Waals surface area (Å²) in [5, 5.41) is 13.0. The van der Waals surface area contributed by atoms with Crippen LogP contribution in [-0.4, -0.2) is 23.0 Å². The van der Waals surface area contributed by atoms with Gasteiger partial charge in [0.1, 0.15) is 5.69 Å². The molecule has 3 aromatic rings. The third kappa shape index (κ3) is 2.65. The maximum absolute atomic E-state index is 12.0. The first kappa shape index (κ1) is 15.4. The molecule has 1 aromatic heterocycles. The fourth-order valence-electron chi connectivity index (χ4n) is 3.51. The second-order valence-electron chi connectivity index (χ2n) is 6.23. The minimum Gasteiger partial charge on any atom is -0.366 e. The molecule has 0 bridgehead atoms. The Bertz CT molecular complexity index is 1020. The van der Waals surface area contributed by atoms with Crippen LogP contribution in [-0.2, 0) is 0 Å². The molecule has 126 valence electrons. The number of anilines is 1. The molecule has 0 atom stereocenters. The van der Waals surface area contributed by atoms with Crippen LogP contribution in [0.2, 0.25) is 0 Å². The van der Waals surface area contributed by atoms with E-state index in [0.717, 1.165) is 42.4 Å². The first-order chi connectivity index (χ1) is 12.1. The molecule has 1 aliphatic rings. The lowest BCUT2D eigenvalue weighted by atomic mass is 10.00. The molecule has 6 heteroatoms. The lowest BCUT2D eigenvalue weighted by Gasteiger charge is -2.18. The molecule has 0 spiro atoms. The van der Waals surface area contributed by atoms with Crippen LogP contribution < -0.4 is 10.5 Å². The zero-order valence-electron chi connectivity index (χ0n) is 13.6. The number of hydrogen-bond donors (Lipinski definition) is 1. The zero-order valence-corrected chi connectivity index (χ0v) is 13.6. The van der Waals surface area contributed by atoms with Crippen molar-refractivity contribution in [2.45, 2.75) is 12.8 Å². The van der Waals surface area contributed by atoms with Gasteiger partial charge in [0, 0.05) is 36.3 Å². The standard InChI is InChI=1S/C19H17N3O3/c23-19-15-6-2-1-5-14(15)16(12-20-19)13-7-8-17(18(11-13)22(24)25)21-9-3-4-10-21/h1-2,5-8,11-12H,3-4,9-10H2,(H,20,23). The van der Waals surface area contributed by atoms with E-state index in [4.69, 9.17) is 0 Å². The van der Waals surface area contributed by atoms with Crippen LogP contribution in [0.4, 0.5) is 11.4 Å². The van der Waals surface area contributed by atoms with Gasteiger partial charge in [0.15, 0.2) is 0 Å². The van der Waals surface area contributed by atoms with Crippen LogP contribution >= 0.6 is 0 Å². The van der Waals surface area contributed by atoms with Gasteiger partial charge in [0.2, 0.25) is 0 Å². The normalized spacial score (nSPS) is 14.2. The summed E-state index contributed by atoms with van der Waals surface area (Å²) in [4.78, 5) is 28.1. The monoisotopic (exact) mass is 335 g/mol. The van der Waals surface area contributed by atoms with Gasteiger partial charge < -0.3 is 9.88 Å². The van der Waals surface area contributed by atoms with Crippen molar-refractivity contribution in [2.24, 2.45) is 0 Å². The van der Waals surface area contributed by atoms with Gasteiger partial charge in [0.05, 0.1) is 4.92 Å². The Morgan fingerprint density at radius 1 is 1.04 bits per heavy atom. The van der Waals surface area contributed by atoms with E-state index in [1.165, 1.54) is 0 Å². The fraction of sp³-hybridized carbons (Fsp3) is 0.211. The average Bonchev–Trinajstić information content (AvgIpc) is 3.16. The van der Waals surface area contributed by atoms with Crippen LogP contribution in [0.25, 0.3) is 21.9 Å². The van der Waals surface area contributed by atoms with Crippen molar-refractivity contribution in [1.82, 2.24) is 4.98 Å². The van der Waals surface area contributed by atoms with Gasteiger partial charge in [-0.2, -0.15) is 0 Å². The number of nitrogens with zero attached hydrogens (tertiary/aromatic N) is 2. The summed E-state index contributed by atoms with van der Waals surface area (Å²) >= 11 is 0. The predicted molar refractivity (Wildman–Crippen MR) is 98.1 cm³/mol. The van der Waals surface area contributed by atoms with Gasteiger partial charge in [0.25, 0.3) is 11.2 Å². The third-order valence-electron chi connectivity index (χ3n) is 4.74. The highest BCUT2D eigenvalue weighted by molar-refractivity contribution is 5.96. The average molecular weight is 335 g/mol. The Hall–Kier alpha value is -3.15. The SMILES string of the molecule is O=c1[nH]cc(-c2ccc(N3CCCC3)c([N+](=O)[O-])c2)c2ccccc12. The van der Waals surface area contributed by atoms with Gasteiger partial charge in [-0.05, 0) is 35.9 Å². The molecule has 25 heavy (non-hydrogen) atoms. The molecule has 1 aliphatic heterocycles. The molecule has 0 amide bonds. The number of fused-ring (bicyclic) bond motifs is 1. The molecule has 6 nitrogen and oxygen atoms in total. The van der Waals surface area contributed by atoms with E-state index in [2.05, 4.69) is 9.88 Å². The van der Waals surface area contributed by atoms with Crippen molar-refractivity contribution in [3.63, 3.8) is 0 Å². The molecule has 0 radical (unpaired) electrons. The molecule has 0 aliphatic carbocycles. The van der Waals surface area contributed by atoms with Crippen LogP contribution in [0.3, 0.4) is 0 Å². The highest BCUT2D eigenvalue weighted by Crippen LogP contribution is 2.36. The Morgan fingerprint density at radius 3 is 2.48 bits per heavy atom. The van der Waals surface area contributed by atoms with Crippen LogP contribution in [0.15, 0.2) is 53.5 Å². The number of hydrogen-bond acceptors (Lipinski definition) is 4. The maximum atomic E-state index is 12.0. The summed E-state index contributed by atoms with van der Waals surface area (Å²) < 4.78 is 0. The van der Waals surface area contributed by atoms with E-state index in [1.54, 1.807) is 24.4 Å². The first-order valence-electron chi connectivity index (χ1n) is 8.29. The Kier molecular flexibility index (Phi) is 3.72. The van der Waals surface area contributed by atoms with Crippen LogP contribution in [0.1, 0.15) is 12.8 Å². The number of H-pyrrole nitrogens is 1. The van der Waals surface area contributed by atoms with E-state index >= 15 is 0 Å². The van der Waals surface area contributed by atoms with Crippen molar-refractivity contribution >= 4 is 22.1 Å². The summed E-state index contributed by atoms with van der Waals surface area (Å²) in [6, 6.07) is 12.6. The van der Waals surface area contributed by atoms with E-state index in [0.29, 0.717) is 11.1 Å². The molecule has 2 heterocycles. The molecule has 1 N–H and O–H groups in total. The molecule has 2 aromatic carbocycles. The summed E-state index contributed by atoms with van der Waals surface area (Å²) in [6.07, 6.45) is 3.74. The number of rotatable bonds is 3. The van der Waals surface area contributed by atoms with Gasteiger partial charge in [-0.1, -0.05) is 24.3 Å². The molecule has 1 fully saturated rings. The van der Waals surface area contributed by atoms with Crippen LogP contribution in [0, 0.1) is 10.1 Å². The van der Waals surface area contributed by atoms with Crippen molar-refractivity contribution in [3.05, 3.63) is 69.1 Å². The van der Waals surface area contributed by atoms with Gasteiger partial charge in [-0.3, -0.25) is 14.9 Å². The van der Waals surface area contributed by atoms with Crippen molar-refractivity contribution in [3.8, 4) is 11.1 Å². The topological polar surface area (TPSA) is 79.2 Å². The van der Waals surface area contributed by atoms with E-state index in [-0.39, 0.29) is 16.2 Å². The third-order valence-corrected chi connectivity index (χ3v) is 4.74.